The van der Waals surface area contributed by atoms with E-state index < -0.39 is 0 Å². The van der Waals surface area contributed by atoms with Crippen molar-refractivity contribution in [2.45, 2.75) is 12.8 Å². The Morgan fingerprint density at radius 3 is 2.56 bits per heavy atom. The van der Waals surface area contributed by atoms with Crippen molar-refractivity contribution in [3.63, 3.8) is 0 Å². The number of rotatable bonds is 4. The number of nitrogens with zero attached hydrogens (tertiary/aromatic N) is 7. The molecule has 9 nitrogen and oxygen atoms in total. The van der Waals surface area contributed by atoms with Gasteiger partial charge in [-0.3, -0.25) is 4.79 Å². The molecule has 3 aromatic heterocycles. The highest BCUT2D eigenvalue weighted by Gasteiger charge is 2.33. The molecule has 2 saturated heterocycles. The minimum atomic E-state index is -0.318. The van der Waals surface area contributed by atoms with E-state index in [1.807, 2.05) is 23.1 Å². The maximum atomic E-state index is 13.5. The maximum absolute atomic E-state index is 13.5. The molecule has 10 heteroatoms. The fourth-order valence-electron chi connectivity index (χ4n) is 5.14. The first-order valence-corrected chi connectivity index (χ1v) is 12.2. The molecule has 4 aromatic rings. The van der Waals surface area contributed by atoms with Crippen LogP contribution >= 0.6 is 0 Å². The summed E-state index contributed by atoms with van der Waals surface area (Å²) in [5.74, 6) is 1.40. The number of piperazine rings is 1. The number of halogens is 1. The van der Waals surface area contributed by atoms with E-state index >= 15 is 0 Å². The van der Waals surface area contributed by atoms with Crippen molar-refractivity contribution in [1.29, 1.82) is 0 Å². The summed E-state index contributed by atoms with van der Waals surface area (Å²) in [5.41, 5.74) is 1.67. The predicted molar refractivity (Wildman–Crippen MR) is 133 cm³/mol. The lowest BCUT2D eigenvalue weighted by Gasteiger charge is -2.39. The van der Waals surface area contributed by atoms with E-state index in [0.717, 1.165) is 43.9 Å². The van der Waals surface area contributed by atoms with Crippen molar-refractivity contribution in [3.05, 3.63) is 60.8 Å². The first-order valence-electron chi connectivity index (χ1n) is 12.2. The molecule has 1 amide bonds. The van der Waals surface area contributed by atoms with Crippen LogP contribution in [0.4, 0.5) is 16.0 Å². The molecular formula is C26H26FN7O2. The number of pyridine rings is 1. The Hall–Kier alpha value is -4.08. The zero-order valence-corrected chi connectivity index (χ0v) is 19.8. The topological polar surface area (TPSA) is 91.5 Å². The number of carbonyl (C=O) groups excluding carboxylic acids is 1. The molecule has 1 aromatic carbocycles. The number of benzene rings is 1. The molecule has 2 aliphatic rings. The Morgan fingerprint density at radius 2 is 1.78 bits per heavy atom. The van der Waals surface area contributed by atoms with E-state index in [2.05, 4.69) is 29.9 Å². The van der Waals surface area contributed by atoms with Gasteiger partial charge in [-0.1, -0.05) is 11.2 Å². The van der Waals surface area contributed by atoms with Gasteiger partial charge in [-0.15, -0.1) is 0 Å². The largest absolute Gasteiger partial charge is 0.355 e. The van der Waals surface area contributed by atoms with E-state index in [4.69, 9.17) is 4.52 Å². The van der Waals surface area contributed by atoms with E-state index in [1.165, 1.54) is 18.5 Å². The van der Waals surface area contributed by atoms with Gasteiger partial charge < -0.3 is 19.2 Å². The van der Waals surface area contributed by atoms with Gasteiger partial charge in [0.2, 0.25) is 5.91 Å². The molecule has 0 spiro atoms. The van der Waals surface area contributed by atoms with Gasteiger partial charge in [-0.05, 0) is 49.2 Å². The van der Waals surface area contributed by atoms with Gasteiger partial charge in [0.1, 0.15) is 34.9 Å². The number of anilines is 2. The lowest BCUT2D eigenvalue weighted by atomic mass is 9.95. The van der Waals surface area contributed by atoms with Crippen molar-refractivity contribution >= 4 is 28.6 Å². The molecule has 2 aliphatic heterocycles. The molecule has 0 N–H and O–H groups in total. The smallest absolute Gasteiger partial charge is 0.263 e. The summed E-state index contributed by atoms with van der Waals surface area (Å²) in [5, 5.41) is 4.88. The van der Waals surface area contributed by atoms with Crippen LogP contribution in [0, 0.1) is 11.7 Å². The molecule has 2 fully saturated rings. The normalized spacial score (nSPS) is 18.6. The average molecular weight is 488 g/mol. The van der Waals surface area contributed by atoms with Crippen LogP contribution in [0.15, 0.2) is 59.5 Å². The molecule has 5 heterocycles. The number of amides is 1. The molecule has 184 valence electrons. The van der Waals surface area contributed by atoms with Gasteiger partial charge >= 0.3 is 0 Å². The van der Waals surface area contributed by atoms with Crippen LogP contribution < -0.4 is 9.80 Å². The summed E-state index contributed by atoms with van der Waals surface area (Å²) >= 11 is 0. The molecule has 0 radical (unpaired) electrons. The van der Waals surface area contributed by atoms with Crippen molar-refractivity contribution < 1.29 is 13.7 Å². The second-order valence-corrected chi connectivity index (χ2v) is 9.20. The number of aromatic nitrogens is 4. The molecule has 1 unspecified atom stereocenters. The Morgan fingerprint density at radius 1 is 0.944 bits per heavy atom. The van der Waals surface area contributed by atoms with Crippen LogP contribution in [0.5, 0.6) is 0 Å². The molecule has 1 atom stereocenters. The SMILES string of the molecule is O=C(C1CCCN(c2ncnc3onc(-c4ccc(F)cc4)c23)C1)N1CCN(c2ccccn2)CC1. The third kappa shape index (κ3) is 4.23. The zero-order valence-electron chi connectivity index (χ0n) is 19.8. The molecule has 0 saturated carbocycles. The number of hydrogen-bond acceptors (Lipinski definition) is 8. The second-order valence-electron chi connectivity index (χ2n) is 9.20. The van der Waals surface area contributed by atoms with Crippen molar-refractivity contribution in [2.24, 2.45) is 5.92 Å². The van der Waals surface area contributed by atoms with Crippen molar-refractivity contribution in [2.75, 3.05) is 49.1 Å². The van der Waals surface area contributed by atoms with Crippen LogP contribution in [0.2, 0.25) is 0 Å². The van der Waals surface area contributed by atoms with Gasteiger partial charge in [0.25, 0.3) is 5.71 Å². The third-order valence-electron chi connectivity index (χ3n) is 7.01. The Bertz CT molecular complexity index is 1350. The predicted octanol–water partition coefficient (Wildman–Crippen LogP) is 3.38. The summed E-state index contributed by atoms with van der Waals surface area (Å²) in [6.45, 7) is 4.26. The summed E-state index contributed by atoms with van der Waals surface area (Å²) in [4.78, 5) is 33.0. The standard InChI is InChI=1S/C26H26FN7O2/c27-20-8-6-18(7-9-20)23-22-24(29-17-30-25(22)36-31-23)34-11-3-4-19(16-34)26(35)33-14-12-32(13-15-33)21-5-1-2-10-28-21/h1-2,5-10,17,19H,3-4,11-16H2. The molecule has 0 bridgehead atoms. The Kier molecular flexibility index (Phi) is 5.92. The third-order valence-corrected chi connectivity index (χ3v) is 7.01. The lowest BCUT2D eigenvalue weighted by Crippen LogP contribution is -2.52. The van der Waals surface area contributed by atoms with Crippen LogP contribution in [0.25, 0.3) is 22.4 Å². The fourth-order valence-corrected chi connectivity index (χ4v) is 5.14. The monoisotopic (exact) mass is 487 g/mol. The average Bonchev–Trinajstić information content (AvgIpc) is 3.38. The van der Waals surface area contributed by atoms with Gasteiger partial charge in [0.05, 0.1) is 5.92 Å². The maximum Gasteiger partial charge on any atom is 0.263 e. The second kappa shape index (κ2) is 9.52. The van der Waals surface area contributed by atoms with Crippen molar-refractivity contribution in [1.82, 2.24) is 25.0 Å². The minimum Gasteiger partial charge on any atom is -0.355 e. The van der Waals surface area contributed by atoms with Gasteiger partial charge in [-0.2, -0.15) is 4.98 Å². The minimum absolute atomic E-state index is 0.112. The first-order chi connectivity index (χ1) is 17.7. The quantitative estimate of drug-likeness (QED) is 0.433. The summed E-state index contributed by atoms with van der Waals surface area (Å²) in [6, 6.07) is 12.0. The summed E-state index contributed by atoms with van der Waals surface area (Å²) < 4.78 is 18.9. The summed E-state index contributed by atoms with van der Waals surface area (Å²) in [6.07, 6.45) is 4.98. The van der Waals surface area contributed by atoms with E-state index in [9.17, 15) is 9.18 Å². The van der Waals surface area contributed by atoms with Crippen LogP contribution in [-0.2, 0) is 4.79 Å². The number of fused-ring (bicyclic) bond motifs is 1. The Balaban J connectivity index is 1.19. The highest BCUT2D eigenvalue weighted by Crippen LogP contribution is 2.35. The fraction of sp³-hybridized carbons (Fsp3) is 0.346. The Labute approximate surface area is 207 Å². The first kappa shape index (κ1) is 22.4. The molecule has 36 heavy (non-hydrogen) atoms. The van der Waals surface area contributed by atoms with Crippen LogP contribution in [0.3, 0.4) is 0 Å². The van der Waals surface area contributed by atoms with E-state index in [0.29, 0.717) is 42.2 Å². The van der Waals surface area contributed by atoms with E-state index in [-0.39, 0.29) is 17.6 Å². The van der Waals surface area contributed by atoms with Crippen molar-refractivity contribution in [3.8, 4) is 11.3 Å². The summed E-state index contributed by atoms with van der Waals surface area (Å²) in [7, 11) is 0. The lowest BCUT2D eigenvalue weighted by molar-refractivity contribution is -0.136. The number of piperidine rings is 1. The van der Waals surface area contributed by atoms with Gasteiger partial charge in [0.15, 0.2) is 0 Å². The number of hydrogen-bond donors (Lipinski definition) is 0. The highest BCUT2D eigenvalue weighted by atomic mass is 19.1. The van der Waals surface area contributed by atoms with Crippen LogP contribution in [-0.4, -0.2) is 70.2 Å². The zero-order chi connectivity index (χ0) is 24.5. The van der Waals surface area contributed by atoms with Gasteiger partial charge in [0, 0.05) is 51.0 Å². The van der Waals surface area contributed by atoms with E-state index in [1.54, 1.807) is 18.3 Å². The molecule has 6 rings (SSSR count). The molecule has 0 aliphatic carbocycles. The highest BCUT2D eigenvalue weighted by molar-refractivity contribution is 5.98. The number of carbonyl (C=O) groups is 1. The molecular weight excluding hydrogens is 461 g/mol. The van der Waals surface area contributed by atoms with Crippen LogP contribution in [0.1, 0.15) is 12.8 Å². The van der Waals surface area contributed by atoms with Gasteiger partial charge in [-0.25, -0.2) is 14.4 Å².